The van der Waals surface area contributed by atoms with E-state index in [1.54, 1.807) is 0 Å². The first-order valence-corrected chi connectivity index (χ1v) is 8.21. The lowest BCUT2D eigenvalue weighted by Crippen LogP contribution is -2.19. The summed E-state index contributed by atoms with van der Waals surface area (Å²) in [6.45, 7) is 4.65. The summed E-state index contributed by atoms with van der Waals surface area (Å²) in [6, 6.07) is 2.05. The minimum Gasteiger partial charge on any atom is -0.381 e. The Morgan fingerprint density at radius 1 is 1.38 bits per heavy atom. The lowest BCUT2D eigenvalue weighted by molar-refractivity contribution is -0.116. The molecule has 5 heteroatoms. The Balaban J connectivity index is 1.49. The van der Waals surface area contributed by atoms with E-state index in [9.17, 15) is 4.79 Å². The Labute approximate surface area is 126 Å². The van der Waals surface area contributed by atoms with Gasteiger partial charge in [-0.1, -0.05) is 0 Å². The van der Waals surface area contributed by atoms with Crippen LogP contribution in [-0.2, 0) is 16.1 Å². The van der Waals surface area contributed by atoms with Crippen LogP contribution in [0.4, 0.5) is 5.82 Å². The Kier molecular flexibility index (Phi) is 4.58. The zero-order valence-corrected chi connectivity index (χ0v) is 12.8. The van der Waals surface area contributed by atoms with Crippen LogP contribution in [0.2, 0.25) is 0 Å². The smallest absolute Gasteiger partial charge is 0.225 e. The standard InChI is InChI=1S/C16H25N3O2/c1-2-19-14(13-4-5-13)11-15(18-19)17-16(20)6-3-12-7-9-21-10-8-12/h11-13H,2-10H2,1H3,(H,17,18,20). The Morgan fingerprint density at radius 2 is 2.14 bits per heavy atom. The molecule has 1 aromatic heterocycles. The molecule has 2 heterocycles. The van der Waals surface area contributed by atoms with Gasteiger partial charge in [-0.15, -0.1) is 0 Å². The number of hydrogen-bond acceptors (Lipinski definition) is 3. The number of nitrogens with one attached hydrogen (secondary N) is 1. The Hall–Kier alpha value is -1.36. The third kappa shape index (κ3) is 3.84. The van der Waals surface area contributed by atoms with E-state index in [0.717, 1.165) is 44.8 Å². The van der Waals surface area contributed by atoms with Crippen molar-refractivity contribution in [3.8, 4) is 0 Å². The van der Waals surface area contributed by atoms with Crippen LogP contribution in [0, 0.1) is 5.92 Å². The summed E-state index contributed by atoms with van der Waals surface area (Å²) in [5.74, 6) is 2.10. The van der Waals surface area contributed by atoms with Gasteiger partial charge in [0.1, 0.15) is 0 Å². The molecule has 0 atom stereocenters. The van der Waals surface area contributed by atoms with Gasteiger partial charge in [0.05, 0.1) is 0 Å². The fourth-order valence-electron chi connectivity index (χ4n) is 3.03. The fraction of sp³-hybridized carbons (Fsp3) is 0.750. The van der Waals surface area contributed by atoms with Crippen LogP contribution in [0.3, 0.4) is 0 Å². The summed E-state index contributed by atoms with van der Waals surface area (Å²) in [6.07, 6.45) is 6.22. The molecular formula is C16H25N3O2. The van der Waals surface area contributed by atoms with Gasteiger partial charge in [0.25, 0.3) is 0 Å². The number of aryl methyl sites for hydroxylation is 1. The average molecular weight is 291 g/mol. The number of ether oxygens (including phenoxy) is 1. The molecule has 2 fully saturated rings. The maximum Gasteiger partial charge on any atom is 0.225 e. The molecule has 1 saturated heterocycles. The summed E-state index contributed by atoms with van der Waals surface area (Å²) in [7, 11) is 0. The van der Waals surface area contributed by atoms with Gasteiger partial charge in [-0.25, -0.2) is 0 Å². The molecular weight excluding hydrogens is 266 g/mol. The monoisotopic (exact) mass is 291 g/mol. The van der Waals surface area contributed by atoms with Crippen LogP contribution in [0.15, 0.2) is 6.07 Å². The quantitative estimate of drug-likeness (QED) is 0.876. The van der Waals surface area contributed by atoms with E-state index in [1.807, 2.05) is 10.7 Å². The van der Waals surface area contributed by atoms with E-state index in [0.29, 0.717) is 18.3 Å². The Bertz CT molecular complexity index is 488. The molecule has 1 aromatic rings. The first-order valence-electron chi connectivity index (χ1n) is 8.21. The number of nitrogens with zero attached hydrogens (tertiary/aromatic N) is 2. The molecule has 1 aliphatic heterocycles. The molecule has 3 rings (SSSR count). The van der Waals surface area contributed by atoms with Gasteiger partial charge in [-0.2, -0.15) is 5.10 Å². The van der Waals surface area contributed by atoms with Crippen LogP contribution in [0.5, 0.6) is 0 Å². The van der Waals surface area contributed by atoms with Crippen LogP contribution in [-0.4, -0.2) is 28.9 Å². The van der Waals surface area contributed by atoms with E-state index in [1.165, 1.54) is 18.5 Å². The van der Waals surface area contributed by atoms with Gasteiger partial charge in [0.15, 0.2) is 5.82 Å². The van der Waals surface area contributed by atoms with Crippen LogP contribution in [0.1, 0.15) is 57.1 Å². The van der Waals surface area contributed by atoms with E-state index in [4.69, 9.17) is 4.74 Å². The molecule has 2 aliphatic rings. The third-order valence-corrected chi connectivity index (χ3v) is 4.49. The van der Waals surface area contributed by atoms with Gasteiger partial charge in [-0.05, 0) is 44.9 Å². The lowest BCUT2D eigenvalue weighted by Gasteiger charge is -2.21. The highest BCUT2D eigenvalue weighted by molar-refractivity contribution is 5.89. The first-order chi connectivity index (χ1) is 10.3. The van der Waals surface area contributed by atoms with E-state index in [-0.39, 0.29) is 5.91 Å². The fourth-order valence-corrected chi connectivity index (χ4v) is 3.03. The molecule has 5 nitrogen and oxygen atoms in total. The maximum atomic E-state index is 12.1. The second-order valence-corrected chi connectivity index (χ2v) is 6.19. The van der Waals surface area contributed by atoms with Crippen molar-refractivity contribution in [3.05, 3.63) is 11.8 Å². The number of carbonyl (C=O) groups is 1. The zero-order valence-electron chi connectivity index (χ0n) is 12.8. The van der Waals surface area contributed by atoms with Crippen molar-refractivity contribution in [1.82, 2.24) is 9.78 Å². The van der Waals surface area contributed by atoms with Gasteiger partial charge >= 0.3 is 0 Å². The van der Waals surface area contributed by atoms with Crippen molar-refractivity contribution < 1.29 is 9.53 Å². The van der Waals surface area contributed by atoms with Gasteiger partial charge in [-0.3, -0.25) is 9.48 Å². The summed E-state index contributed by atoms with van der Waals surface area (Å²) in [5, 5.41) is 7.45. The van der Waals surface area contributed by atoms with Crippen LogP contribution < -0.4 is 5.32 Å². The van der Waals surface area contributed by atoms with Crippen molar-refractivity contribution in [1.29, 1.82) is 0 Å². The number of anilines is 1. The van der Waals surface area contributed by atoms with Crippen molar-refractivity contribution in [2.75, 3.05) is 18.5 Å². The molecule has 21 heavy (non-hydrogen) atoms. The number of aromatic nitrogens is 2. The maximum absolute atomic E-state index is 12.1. The summed E-state index contributed by atoms with van der Waals surface area (Å²) in [4.78, 5) is 12.1. The normalized spacial score (nSPS) is 19.7. The highest BCUT2D eigenvalue weighted by Crippen LogP contribution is 2.40. The Morgan fingerprint density at radius 3 is 2.81 bits per heavy atom. The summed E-state index contributed by atoms with van der Waals surface area (Å²) >= 11 is 0. The topological polar surface area (TPSA) is 56.2 Å². The molecule has 0 aromatic carbocycles. The molecule has 1 saturated carbocycles. The largest absolute Gasteiger partial charge is 0.381 e. The molecule has 0 spiro atoms. The number of hydrogen-bond donors (Lipinski definition) is 1. The van der Waals surface area contributed by atoms with Crippen molar-refractivity contribution in [2.45, 2.75) is 57.9 Å². The van der Waals surface area contributed by atoms with Crippen molar-refractivity contribution >= 4 is 11.7 Å². The van der Waals surface area contributed by atoms with E-state index in [2.05, 4.69) is 17.3 Å². The molecule has 1 aliphatic carbocycles. The number of rotatable bonds is 6. The van der Waals surface area contributed by atoms with E-state index >= 15 is 0 Å². The number of carbonyl (C=O) groups excluding carboxylic acids is 1. The van der Waals surface area contributed by atoms with Crippen LogP contribution >= 0.6 is 0 Å². The SMILES string of the molecule is CCn1nc(NC(=O)CCC2CCOCC2)cc1C1CC1. The molecule has 1 amide bonds. The second kappa shape index (κ2) is 6.60. The van der Waals surface area contributed by atoms with Gasteiger partial charge < -0.3 is 10.1 Å². The molecule has 116 valence electrons. The molecule has 0 unspecified atom stereocenters. The highest BCUT2D eigenvalue weighted by Gasteiger charge is 2.28. The van der Waals surface area contributed by atoms with Crippen molar-refractivity contribution in [3.63, 3.8) is 0 Å². The summed E-state index contributed by atoms with van der Waals surface area (Å²) < 4.78 is 7.37. The molecule has 0 bridgehead atoms. The summed E-state index contributed by atoms with van der Waals surface area (Å²) in [5.41, 5.74) is 1.28. The average Bonchev–Trinajstić information content (AvgIpc) is 3.28. The lowest BCUT2D eigenvalue weighted by atomic mass is 9.95. The third-order valence-electron chi connectivity index (χ3n) is 4.49. The minimum absolute atomic E-state index is 0.0876. The predicted octanol–water partition coefficient (Wildman–Crippen LogP) is 2.93. The molecule has 1 N–H and O–H groups in total. The van der Waals surface area contributed by atoms with E-state index < -0.39 is 0 Å². The molecule has 0 radical (unpaired) electrons. The minimum atomic E-state index is 0.0876. The first kappa shape index (κ1) is 14.6. The van der Waals surface area contributed by atoms with Crippen LogP contribution in [0.25, 0.3) is 0 Å². The second-order valence-electron chi connectivity index (χ2n) is 6.19. The highest BCUT2D eigenvalue weighted by atomic mass is 16.5. The van der Waals surface area contributed by atoms with Crippen molar-refractivity contribution in [2.24, 2.45) is 5.92 Å². The zero-order chi connectivity index (χ0) is 14.7. The predicted molar refractivity (Wildman–Crippen MR) is 81.3 cm³/mol. The van der Waals surface area contributed by atoms with Gasteiger partial charge in [0, 0.05) is 43.9 Å². The van der Waals surface area contributed by atoms with Gasteiger partial charge in [0.2, 0.25) is 5.91 Å². The number of amides is 1.